The summed E-state index contributed by atoms with van der Waals surface area (Å²) in [6.45, 7) is 6.11. The molecule has 0 spiro atoms. The van der Waals surface area contributed by atoms with Crippen LogP contribution in [-0.2, 0) is 4.79 Å². The fourth-order valence-electron chi connectivity index (χ4n) is 2.00. The Balaban J connectivity index is 2.11. The van der Waals surface area contributed by atoms with Gasteiger partial charge in [0.05, 0.1) is 6.20 Å². The number of hydrogen-bond acceptors (Lipinski definition) is 4. The van der Waals surface area contributed by atoms with Gasteiger partial charge in [-0.25, -0.2) is 0 Å². The minimum Gasteiger partial charge on any atom is -0.352 e. The van der Waals surface area contributed by atoms with Crippen molar-refractivity contribution in [1.29, 1.82) is 0 Å². The van der Waals surface area contributed by atoms with Gasteiger partial charge in [-0.05, 0) is 27.2 Å². The van der Waals surface area contributed by atoms with Crippen molar-refractivity contribution in [2.24, 2.45) is 0 Å². The van der Waals surface area contributed by atoms with Crippen molar-refractivity contribution in [3.8, 4) is 0 Å². The maximum Gasteiger partial charge on any atom is 0.293 e. The Morgan fingerprint density at radius 1 is 1.56 bits per heavy atom. The quantitative estimate of drug-likeness (QED) is 0.862. The smallest absolute Gasteiger partial charge is 0.293 e. The Bertz CT molecular complexity index is 455. The lowest BCUT2D eigenvalue weighted by atomic mass is 9.85. The molecule has 0 saturated carbocycles. The molecule has 1 unspecified atom stereocenters. The molecule has 2 heterocycles. The molecule has 18 heavy (non-hydrogen) atoms. The molecule has 0 radical (unpaired) electrons. The Hall–Kier alpha value is -1.85. The fraction of sp³-hybridized carbons (Fsp3) is 0.583. The summed E-state index contributed by atoms with van der Waals surface area (Å²) in [7, 11) is 0. The summed E-state index contributed by atoms with van der Waals surface area (Å²) in [5.41, 5.74) is -0.784. The zero-order valence-corrected chi connectivity index (χ0v) is 10.8. The third-order valence-electron chi connectivity index (χ3n) is 3.22. The van der Waals surface area contributed by atoms with E-state index in [1.54, 1.807) is 6.92 Å². The third-order valence-corrected chi connectivity index (χ3v) is 3.22. The van der Waals surface area contributed by atoms with Gasteiger partial charge in [-0.15, -0.1) is 0 Å². The minimum atomic E-state index is -0.784. The van der Waals surface area contributed by atoms with Crippen molar-refractivity contribution in [1.82, 2.24) is 15.4 Å². The first kappa shape index (κ1) is 12.6. The largest absolute Gasteiger partial charge is 0.352 e. The van der Waals surface area contributed by atoms with Gasteiger partial charge in [0.15, 0.2) is 0 Å². The van der Waals surface area contributed by atoms with Gasteiger partial charge in [-0.3, -0.25) is 9.59 Å². The Kier molecular flexibility index (Phi) is 3.11. The molecular weight excluding hydrogens is 234 g/mol. The van der Waals surface area contributed by atoms with Crippen LogP contribution < -0.4 is 5.32 Å². The van der Waals surface area contributed by atoms with Crippen LogP contribution in [0.2, 0.25) is 0 Å². The highest BCUT2D eigenvalue weighted by molar-refractivity contribution is 5.98. The van der Waals surface area contributed by atoms with Crippen LogP contribution in [-0.4, -0.2) is 40.0 Å². The van der Waals surface area contributed by atoms with Gasteiger partial charge < -0.3 is 14.7 Å². The molecule has 1 aromatic rings. The van der Waals surface area contributed by atoms with E-state index in [1.807, 2.05) is 13.8 Å². The van der Waals surface area contributed by atoms with E-state index in [0.717, 1.165) is 0 Å². The van der Waals surface area contributed by atoms with Crippen LogP contribution in [0.1, 0.15) is 37.7 Å². The highest BCUT2D eigenvalue weighted by Gasteiger charge is 2.50. The molecule has 1 aliphatic heterocycles. The molecule has 2 rings (SSSR count). The molecule has 0 aliphatic carbocycles. The van der Waals surface area contributed by atoms with Gasteiger partial charge in [0.2, 0.25) is 11.7 Å². The normalized spacial score (nSPS) is 22.8. The second-order valence-corrected chi connectivity index (χ2v) is 4.99. The first-order valence-electron chi connectivity index (χ1n) is 5.99. The Labute approximate surface area is 105 Å². The van der Waals surface area contributed by atoms with Crippen LogP contribution in [0.25, 0.3) is 0 Å². The van der Waals surface area contributed by atoms with Crippen LogP contribution in [0.4, 0.5) is 0 Å². The van der Waals surface area contributed by atoms with Crippen LogP contribution in [0.5, 0.6) is 0 Å². The Morgan fingerprint density at radius 2 is 2.28 bits per heavy atom. The number of carbonyl (C=O) groups excluding carboxylic acids is 2. The van der Waals surface area contributed by atoms with Gasteiger partial charge >= 0.3 is 0 Å². The summed E-state index contributed by atoms with van der Waals surface area (Å²) in [6.07, 6.45) is 2.07. The number of nitrogens with zero attached hydrogens (tertiary/aromatic N) is 2. The lowest BCUT2D eigenvalue weighted by Gasteiger charge is -2.48. The predicted octanol–water partition coefficient (Wildman–Crippen LogP) is 0.804. The van der Waals surface area contributed by atoms with E-state index in [9.17, 15) is 9.59 Å². The molecule has 1 aliphatic rings. The lowest BCUT2D eigenvalue weighted by molar-refractivity contribution is -0.138. The van der Waals surface area contributed by atoms with Crippen LogP contribution in [0.3, 0.4) is 0 Å². The van der Waals surface area contributed by atoms with Crippen LogP contribution in [0.15, 0.2) is 16.8 Å². The van der Waals surface area contributed by atoms with Crippen molar-refractivity contribution >= 4 is 11.8 Å². The molecule has 1 saturated heterocycles. The standard InChI is InChI=1S/C12H17N3O3/c1-8(2)14-11(17)12(3)5-7-15(12)10(16)9-4-6-13-18-9/h4,6,8H,5,7H2,1-3H3,(H,14,17). The number of nitrogens with one attached hydrogen (secondary N) is 1. The van der Waals surface area contributed by atoms with Crippen molar-refractivity contribution in [3.05, 3.63) is 18.0 Å². The SMILES string of the molecule is CC(C)NC(=O)C1(C)CCN1C(=O)c1ccno1. The molecule has 0 bridgehead atoms. The maximum absolute atomic E-state index is 12.1. The first-order valence-corrected chi connectivity index (χ1v) is 5.99. The number of carbonyl (C=O) groups is 2. The van der Waals surface area contributed by atoms with E-state index in [1.165, 1.54) is 17.2 Å². The van der Waals surface area contributed by atoms with Crippen molar-refractivity contribution in [3.63, 3.8) is 0 Å². The summed E-state index contributed by atoms with van der Waals surface area (Å²) in [6, 6.07) is 1.55. The Morgan fingerprint density at radius 3 is 2.72 bits per heavy atom. The molecule has 6 heteroatoms. The molecule has 0 aromatic carbocycles. The van der Waals surface area contributed by atoms with Gasteiger partial charge in [-0.1, -0.05) is 5.16 Å². The molecular formula is C12H17N3O3. The topological polar surface area (TPSA) is 75.4 Å². The summed E-state index contributed by atoms with van der Waals surface area (Å²) >= 11 is 0. The lowest BCUT2D eigenvalue weighted by Crippen LogP contribution is -2.67. The zero-order chi connectivity index (χ0) is 13.3. The molecule has 1 fully saturated rings. The molecule has 2 amide bonds. The van der Waals surface area contributed by atoms with Gasteiger partial charge in [0.1, 0.15) is 5.54 Å². The fourth-order valence-corrected chi connectivity index (χ4v) is 2.00. The molecule has 6 nitrogen and oxygen atoms in total. The second kappa shape index (κ2) is 4.44. The van der Waals surface area contributed by atoms with Crippen molar-refractivity contribution in [2.45, 2.75) is 38.8 Å². The average Bonchev–Trinajstić information content (AvgIpc) is 2.78. The van der Waals surface area contributed by atoms with Gasteiger partial charge in [0.25, 0.3) is 5.91 Å². The maximum atomic E-state index is 12.1. The summed E-state index contributed by atoms with van der Waals surface area (Å²) in [5, 5.41) is 6.34. The average molecular weight is 251 g/mol. The third kappa shape index (κ3) is 1.98. The van der Waals surface area contributed by atoms with Crippen LogP contribution in [0, 0.1) is 0 Å². The first-order chi connectivity index (χ1) is 8.45. The number of hydrogen-bond donors (Lipinski definition) is 1. The van der Waals surface area contributed by atoms with E-state index in [2.05, 4.69) is 10.5 Å². The van der Waals surface area contributed by atoms with E-state index in [0.29, 0.717) is 13.0 Å². The minimum absolute atomic E-state index is 0.0529. The van der Waals surface area contributed by atoms with Crippen molar-refractivity contribution < 1.29 is 14.1 Å². The zero-order valence-electron chi connectivity index (χ0n) is 10.8. The summed E-state index contributed by atoms with van der Waals surface area (Å²) < 4.78 is 4.83. The summed E-state index contributed by atoms with van der Waals surface area (Å²) in [4.78, 5) is 25.7. The van der Waals surface area contributed by atoms with Crippen molar-refractivity contribution in [2.75, 3.05) is 6.54 Å². The number of rotatable bonds is 3. The van der Waals surface area contributed by atoms with E-state index in [4.69, 9.17) is 4.52 Å². The second-order valence-electron chi connectivity index (χ2n) is 4.99. The highest BCUT2D eigenvalue weighted by Crippen LogP contribution is 2.32. The summed E-state index contributed by atoms with van der Waals surface area (Å²) in [5.74, 6) is -0.255. The predicted molar refractivity (Wildman–Crippen MR) is 63.8 cm³/mol. The molecule has 1 aromatic heterocycles. The van der Waals surface area contributed by atoms with Gasteiger partial charge in [0, 0.05) is 18.7 Å². The van der Waals surface area contributed by atoms with E-state index >= 15 is 0 Å². The number of amides is 2. The number of likely N-dealkylation sites (tertiary alicyclic amines) is 1. The molecule has 98 valence electrons. The highest BCUT2D eigenvalue weighted by atomic mass is 16.5. The molecule has 1 N–H and O–H groups in total. The van der Waals surface area contributed by atoms with Crippen LogP contribution >= 0.6 is 0 Å². The monoisotopic (exact) mass is 251 g/mol. The molecule has 1 atom stereocenters. The number of aromatic nitrogens is 1. The van der Waals surface area contributed by atoms with E-state index < -0.39 is 5.54 Å². The van der Waals surface area contributed by atoms with E-state index in [-0.39, 0.29) is 23.6 Å². The van der Waals surface area contributed by atoms with Gasteiger partial charge in [-0.2, -0.15) is 0 Å².